The van der Waals surface area contributed by atoms with Gasteiger partial charge in [0.25, 0.3) is 0 Å². The molecule has 20 heavy (non-hydrogen) atoms. The second-order valence-electron chi connectivity index (χ2n) is 7.31. The van der Waals surface area contributed by atoms with Crippen molar-refractivity contribution >= 4 is 0 Å². The number of hydrogen-bond donors (Lipinski definition) is 2. The molecule has 0 amide bonds. The predicted octanol–water partition coefficient (Wildman–Crippen LogP) is 5.03. The van der Waals surface area contributed by atoms with E-state index in [2.05, 4.69) is 26.2 Å². The maximum Gasteiger partial charge on any atom is 0.0184 e. The Balaban J connectivity index is 2.45. The van der Waals surface area contributed by atoms with E-state index in [1.54, 1.807) is 0 Å². The van der Waals surface area contributed by atoms with Gasteiger partial charge in [0.15, 0.2) is 0 Å². The van der Waals surface area contributed by atoms with Crippen LogP contribution in [0.1, 0.15) is 91.4 Å². The Bertz CT molecular complexity index is 217. The van der Waals surface area contributed by atoms with E-state index in [-0.39, 0.29) is 0 Å². The summed E-state index contributed by atoms with van der Waals surface area (Å²) in [5.41, 5.74) is 2.90. The van der Waals surface area contributed by atoms with Crippen molar-refractivity contribution in [2.75, 3.05) is 0 Å². The third-order valence-electron chi connectivity index (χ3n) is 5.55. The highest BCUT2D eigenvalue weighted by Gasteiger charge is 2.23. The molecule has 0 saturated heterocycles. The molecular weight excluding hydrogens is 244 g/mol. The topological polar surface area (TPSA) is 38.0 Å². The summed E-state index contributed by atoms with van der Waals surface area (Å²) in [7, 11) is 0. The van der Waals surface area contributed by atoms with Crippen molar-refractivity contribution in [1.82, 2.24) is 5.43 Å². The Morgan fingerprint density at radius 1 is 0.850 bits per heavy atom. The van der Waals surface area contributed by atoms with Crippen LogP contribution < -0.4 is 11.3 Å². The lowest BCUT2D eigenvalue weighted by Gasteiger charge is -2.30. The van der Waals surface area contributed by atoms with Gasteiger partial charge in [0.1, 0.15) is 0 Å². The first-order valence-corrected chi connectivity index (χ1v) is 9.11. The zero-order chi connectivity index (χ0) is 14.8. The van der Waals surface area contributed by atoms with Crippen molar-refractivity contribution in [3.63, 3.8) is 0 Å². The fourth-order valence-corrected chi connectivity index (χ4v) is 3.85. The molecule has 0 aliphatic heterocycles. The zero-order valence-corrected chi connectivity index (χ0v) is 14.2. The summed E-state index contributed by atoms with van der Waals surface area (Å²) in [6, 6.07) is 0.440. The Morgan fingerprint density at radius 2 is 1.30 bits per heavy atom. The van der Waals surface area contributed by atoms with Gasteiger partial charge in [-0.3, -0.25) is 11.3 Å². The summed E-state index contributed by atoms with van der Waals surface area (Å²) in [5.74, 6) is 8.10. The van der Waals surface area contributed by atoms with Crippen LogP contribution in [-0.2, 0) is 0 Å². The lowest BCUT2D eigenvalue weighted by molar-refractivity contribution is 0.206. The van der Waals surface area contributed by atoms with Gasteiger partial charge in [0, 0.05) is 6.04 Å². The number of nitrogens with one attached hydrogen (secondary N) is 1. The zero-order valence-electron chi connectivity index (χ0n) is 14.2. The fourth-order valence-electron chi connectivity index (χ4n) is 3.85. The van der Waals surface area contributed by atoms with Crippen LogP contribution in [0.5, 0.6) is 0 Å². The molecule has 0 radical (unpaired) electrons. The molecule has 2 nitrogen and oxygen atoms in total. The summed E-state index contributed by atoms with van der Waals surface area (Å²) < 4.78 is 0. The lowest BCUT2D eigenvalue weighted by atomic mass is 9.76. The van der Waals surface area contributed by atoms with Crippen LogP contribution in [-0.4, -0.2) is 6.04 Å². The van der Waals surface area contributed by atoms with Crippen molar-refractivity contribution in [2.24, 2.45) is 23.6 Å². The highest BCUT2D eigenvalue weighted by atomic mass is 15.2. The standard InChI is InChI=1S/C18H38N2/c1-15(14-16(2)20-19)17(3)18-12-10-8-6-4-5-7-9-11-13-18/h15-18,20H,4-14,19H2,1-3H3. The second kappa shape index (κ2) is 10.6. The van der Waals surface area contributed by atoms with Gasteiger partial charge in [-0.2, -0.15) is 0 Å². The Kier molecular flexibility index (Phi) is 9.54. The van der Waals surface area contributed by atoms with Gasteiger partial charge in [0.2, 0.25) is 0 Å². The van der Waals surface area contributed by atoms with E-state index in [1.165, 1.54) is 70.6 Å². The number of rotatable bonds is 5. The quantitative estimate of drug-likeness (QED) is 0.548. The van der Waals surface area contributed by atoms with Gasteiger partial charge in [-0.25, -0.2) is 0 Å². The highest BCUT2D eigenvalue weighted by molar-refractivity contribution is 4.75. The predicted molar refractivity (Wildman–Crippen MR) is 89.4 cm³/mol. The SMILES string of the molecule is CC(CC(C)C(C)C1CCCCCCCCCC1)NN. The second-order valence-corrected chi connectivity index (χ2v) is 7.31. The van der Waals surface area contributed by atoms with Crippen molar-refractivity contribution in [3.8, 4) is 0 Å². The van der Waals surface area contributed by atoms with E-state index < -0.39 is 0 Å². The van der Waals surface area contributed by atoms with Crippen LogP contribution in [0.15, 0.2) is 0 Å². The molecule has 0 aromatic rings. The van der Waals surface area contributed by atoms with Crippen LogP contribution in [0.2, 0.25) is 0 Å². The molecule has 0 aromatic carbocycles. The van der Waals surface area contributed by atoms with Crippen LogP contribution in [0.25, 0.3) is 0 Å². The summed E-state index contributed by atoms with van der Waals surface area (Å²) in [6.07, 6.45) is 15.8. The van der Waals surface area contributed by atoms with Crippen molar-refractivity contribution < 1.29 is 0 Å². The van der Waals surface area contributed by atoms with Gasteiger partial charge < -0.3 is 0 Å². The van der Waals surface area contributed by atoms with Gasteiger partial charge in [0.05, 0.1) is 0 Å². The third kappa shape index (κ3) is 7.08. The van der Waals surface area contributed by atoms with E-state index in [0.29, 0.717) is 6.04 Å². The van der Waals surface area contributed by atoms with Crippen LogP contribution in [0.4, 0.5) is 0 Å². The Labute approximate surface area is 127 Å². The minimum absolute atomic E-state index is 0.440. The molecule has 3 atom stereocenters. The van der Waals surface area contributed by atoms with Crippen LogP contribution in [0, 0.1) is 17.8 Å². The number of nitrogens with two attached hydrogens (primary N) is 1. The minimum atomic E-state index is 0.440. The largest absolute Gasteiger partial charge is 0.271 e. The monoisotopic (exact) mass is 282 g/mol. The van der Waals surface area contributed by atoms with E-state index >= 15 is 0 Å². The summed E-state index contributed by atoms with van der Waals surface area (Å²) in [5, 5.41) is 0. The highest BCUT2D eigenvalue weighted by Crippen LogP contribution is 2.33. The first kappa shape index (κ1) is 18.0. The average molecular weight is 283 g/mol. The lowest BCUT2D eigenvalue weighted by Crippen LogP contribution is -2.35. The molecule has 1 saturated carbocycles. The number of hydrogen-bond acceptors (Lipinski definition) is 2. The van der Waals surface area contributed by atoms with Gasteiger partial charge >= 0.3 is 0 Å². The summed E-state index contributed by atoms with van der Waals surface area (Å²) in [4.78, 5) is 0. The first-order chi connectivity index (χ1) is 9.65. The van der Waals surface area contributed by atoms with E-state index in [9.17, 15) is 0 Å². The first-order valence-electron chi connectivity index (χ1n) is 9.11. The Hall–Kier alpha value is -0.0800. The average Bonchev–Trinajstić information content (AvgIpc) is 2.51. The van der Waals surface area contributed by atoms with Gasteiger partial charge in [-0.05, 0) is 31.1 Å². The maximum absolute atomic E-state index is 5.55. The molecule has 0 heterocycles. The van der Waals surface area contributed by atoms with Crippen LogP contribution >= 0.6 is 0 Å². The third-order valence-corrected chi connectivity index (χ3v) is 5.55. The smallest absolute Gasteiger partial charge is 0.0184 e. The molecule has 3 N–H and O–H groups in total. The molecule has 2 heteroatoms. The van der Waals surface area contributed by atoms with Gasteiger partial charge in [-0.15, -0.1) is 0 Å². The minimum Gasteiger partial charge on any atom is -0.271 e. The molecule has 1 aliphatic carbocycles. The normalized spacial score (nSPS) is 24.6. The molecule has 1 fully saturated rings. The van der Waals surface area contributed by atoms with Gasteiger partial charge in [-0.1, -0.05) is 78.1 Å². The van der Waals surface area contributed by atoms with E-state index in [0.717, 1.165) is 17.8 Å². The number of hydrazine groups is 1. The van der Waals surface area contributed by atoms with Crippen molar-refractivity contribution in [2.45, 2.75) is 97.4 Å². The maximum atomic E-state index is 5.55. The molecular formula is C18H38N2. The molecule has 1 aliphatic rings. The van der Waals surface area contributed by atoms with Crippen LogP contribution in [0.3, 0.4) is 0 Å². The molecule has 1 rings (SSSR count). The molecule has 3 unspecified atom stereocenters. The summed E-state index contributed by atoms with van der Waals surface area (Å²) >= 11 is 0. The van der Waals surface area contributed by atoms with E-state index in [4.69, 9.17) is 5.84 Å². The summed E-state index contributed by atoms with van der Waals surface area (Å²) in [6.45, 7) is 7.10. The molecule has 120 valence electrons. The fraction of sp³-hybridized carbons (Fsp3) is 1.00. The molecule has 0 aromatic heterocycles. The van der Waals surface area contributed by atoms with E-state index in [1.807, 2.05) is 0 Å². The Morgan fingerprint density at radius 3 is 1.75 bits per heavy atom. The van der Waals surface area contributed by atoms with Crippen molar-refractivity contribution in [3.05, 3.63) is 0 Å². The molecule has 0 bridgehead atoms. The van der Waals surface area contributed by atoms with Crippen molar-refractivity contribution in [1.29, 1.82) is 0 Å². The molecule has 0 spiro atoms.